The number of carbonyl (C=O) groups is 1. The summed E-state index contributed by atoms with van der Waals surface area (Å²) in [7, 11) is 0. The van der Waals surface area contributed by atoms with Gasteiger partial charge >= 0.3 is 6.18 Å². The number of carbonyl (C=O) groups excluding carboxylic acids is 1. The molecule has 11 heteroatoms. The van der Waals surface area contributed by atoms with Crippen molar-refractivity contribution in [3.8, 4) is 11.3 Å². The van der Waals surface area contributed by atoms with E-state index in [1.807, 2.05) is 36.9 Å². The number of nitrogens with zero attached hydrogens (tertiary/aromatic N) is 3. The van der Waals surface area contributed by atoms with Crippen molar-refractivity contribution < 1.29 is 18.0 Å². The molecule has 1 fully saturated rings. The smallest absolute Gasteiger partial charge is 0.324 e. The van der Waals surface area contributed by atoms with Gasteiger partial charge in [-0.3, -0.25) is 9.78 Å². The quantitative estimate of drug-likeness (QED) is 0.262. The lowest BCUT2D eigenvalue weighted by molar-refractivity contribution is -0.137. The normalized spacial score (nSPS) is 15.5. The first-order valence-electron chi connectivity index (χ1n) is 12.2. The molecule has 3 heterocycles. The maximum Gasteiger partial charge on any atom is 0.416 e. The summed E-state index contributed by atoms with van der Waals surface area (Å²) < 4.78 is 39.2. The lowest BCUT2D eigenvalue weighted by atomic mass is 10.1. The van der Waals surface area contributed by atoms with Crippen molar-refractivity contribution in [3.63, 3.8) is 0 Å². The molecule has 0 spiro atoms. The Hall–Kier alpha value is -3.96. The number of alkyl halides is 3. The number of amides is 1. The van der Waals surface area contributed by atoms with Crippen molar-refractivity contribution in [1.82, 2.24) is 20.3 Å². The van der Waals surface area contributed by atoms with Gasteiger partial charge < -0.3 is 16.0 Å². The molecule has 1 unspecified atom stereocenters. The minimum Gasteiger partial charge on any atom is -0.324 e. The third kappa shape index (κ3) is 6.37. The molecule has 2 aromatic carbocycles. The number of benzene rings is 2. The molecule has 1 atom stereocenters. The summed E-state index contributed by atoms with van der Waals surface area (Å²) in [5.41, 5.74) is 3.59. The molecule has 0 aliphatic carbocycles. The van der Waals surface area contributed by atoms with Crippen molar-refractivity contribution >= 4 is 35.0 Å². The standard InChI is InChI=1S/C28H25F3N6OS/c1-17-7-8-20(35-26(38)18-4-2-5-19(14-18)28(29,30)31)15-23(17)37-27-34-11-9-22(36-27)21-6-3-10-33-25(21)24-16-32-12-13-39-24/h2-11,14-15,24,32H,12-13,16H2,1H3,(H,35,38)(H,34,36,37). The number of nitrogens with one attached hydrogen (secondary N) is 3. The van der Waals surface area contributed by atoms with Crippen LogP contribution in [-0.2, 0) is 6.18 Å². The number of aromatic nitrogens is 3. The Morgan fingerprint density at radius 3 is 2.72 bits per heavy atom. The number of halogens is 3. The molecule has 2 aromatic heterocycles. The summed E-state index contributed by atoms with van der Waals surface area (Å²) in [6.07, 6.45) is -1.08. The van der Waals surface area contributed by atoms with E-state index in [1.54, 1.807) is 30.6 Å². The highest BCUT2D eigenvalue weighted by molar-refractivity contribution is 7.99. The van der Waals surface area contributed by atoms with E-state index < -0.39 is 17.6 Å². The van der Waals surface area contributed by atoms with Crippen LogP contribution in [0.5, 0.6) is 0 Å². The Morgan fingerprint density at radius 1 is 1.05 bits per heavy atom. The van der Waals surface area contributed by atoms with Gasteiger partial charge in [-0.2, -0.15) is 13.2 Å². The highest BCUT2D eigenvalue weighted by Gasteiger charge is 2.31. The molecule has 39 heavy (non-hydrogen) atoms. The number of pyridine rings is 1. The van der Waals surface area contributed by atoms with Crippen LogP contribution in [0.25, 0.3) is 11.3 Å². The Bertz CT molecular complexity index is 1490. The summed E-state index contributed by atoms with van der Waals surface area (Å²) >= 11 is 1.87. The van der Waals surface area contributed by atoms with E-state index in [0.29, 0.717) is 17.3 Å². The summed E-state index contributed by atoms with van der Waals surface area (Å²) in [6.45, 7) is 3.70. The van der Waals surface area contributed by atoms with Gasteiger partial charge in [-0.25, -0.2) is 9.97 Å². The number of aryl methyl sites for hydroxylation is 1. The number of hydrogen-bond donors (Lipinski definition) is 3. The average Bonchev–Trinajstić information content (AvgIpc) is 2.95. The average molecular weight is 551 g/mol. The summed E-state index contributed by atoms with van der Waals surface area (Å²) in [5.74, 6) is 0.728. The van der Waals surface area contributed by atoms with Crippen molar-refractivity contribution in [1.29, 1.82) is 0 Å². The zero-order chi connectivity index (χ0) is 27.4. The van der Waals surface area contributed by atoms with Gasteiger partial charge in [-0.15, -0.1) is 11.8 Å². The highest BCUT2D eigenvalue weighted by Crippen LogP contribution is 2.35. The van der Waals surface area contributed by atoms with Gasteiger partial charge in [0.15, 0.2) is 0 Å². The number of hydrogen-bond acceptors (Lipinski definition) is 7. The van der Waals surface area contributed by atoms with Gasteiger partial charge in [0.2, 0.25) is 5.95 Å². The zero-order valence-electron chi connectivity index (χ0n) is 20.9. The number of thioether (sulfide) groups is 1. The number of anilines is 3. The van der Waals surface area contributed by atoms with E-state index in [1.165, 1.54) is 12.1 Å². The SMILES string of the molecule is Cc1ccc(NC(=O)c2cccc(C(F)(F)F)c2)cc1Nc1nccc(-c2cccnc2C2CNCCS2)n1. The molecular formula is C28H25F3N6OS. The molecule has 1 saturated heterocycles. The third-order valence-electron chi connectivity index (χ3n) is 6.20. The first-order chi connectivity index (χ1) is 18.8. The Morgan fingerprint density at radius 2 is 1.92 bits per heavy atom. The Balaban J connectivity index is 1.36. The second kappa shape index (κ2) is 11.4. The molecule has 4 aromatic rings. The van der Waals surface area contributed by atoms with Crippen LogP contribution in [0, 0.1) is 6.92 Å². The van der Waals surface area contributed by atoms with Crippen molar-refractivity contribution in [3.05, 3.63) is 95.4 Å². The van der Waals surface area contributed by atoms with Crippen molar-refractivity contribution in [2.45, 2.75) is 18.3 Å². The third-order valence-corrected chi connectivity index (χ3v) is 7.43. The first-order valence-corrected chi connectivity index (χ1v) is 13.3. The van der Waals surface area contributed by atoms with Gasteiger partial charge in [0, 0.05) is 53.7 Å². The maximum absolute atomic E-state index is 13.1. The van der Waals surface area contributed by atoms with E-state index in [2.05, 4.69) is 25.9 Å². The van der Waals surface area contributed by atoms with E-state index in [-0.39, 0.29) is 10.8 Å². The van der Waals surface area contributed by atoms with Gasteiger partial charge in [-0.05, 0) is 61.0 Å². The van der Waals surface area contributed by atoms with Crippen LogP contribution >= 0.6 is 11.8 Å². The van der Waals surface area contributed by atoms with Crippen molar-refractivity contribution in [2.75, 3.05) is 29.5 Å². The minimum absolute atomic E-state index is 0.0884. The first kappa shape index (κ1) is 26.6. The predicted octanol–water partition coefficient (Wildman–Crippen LogP) is 6.24. The molecule has 3 N–H and O–H groups in total. The molecular weight excluding hydrogens is 525 g/mol. The zero-order valence-corrected chi connectivity index (χ0v) is 21.7. The second-order valence-electron chi connectivity index (χ2n) is 8.95. The molecule has 1 aliphatic rings. The summed E-state index contributed by atoms with van der Waals surface area (Å²) in [6, 6.07) is 15.2. The molecule has 5 rings (SSSR count). The van der Waals surface area contributed by atoms with Crippen LogP contribution in [0.1, 0.15) is 32.4 Å². The summed E-state index contributed by atoms with van der Waals surface area (Å²) in [4.78, 5) is 26.4. The van der Waals surface area contributed by atoms with Gasteiger partial charge in [-0.1, -0.05) is 12.1 Å². The van der Waals surface area contributed by atoms with Crippen LogP contribution in [0.2, 0.25) is 0 Å². The Labute approximate surface area is 227 Å². The molecule has 1 amide bonds. The van der Waals surface area contributed by atoms with Crippen LogP contribution in [-0.4, -0.2) is 39.7 Å². The van der Waals surface area contributed by atoms with E-state index >= 15 is 0 Å². The fraction of sp³-hybridized carbons (Fsp3) is 0.214. The monoisotopic (exact) mass is 550 g/mol. The Kier molecular flexibility index (Phi) is 7.80. The van der Waals surface area contributed by atoms with E-state index in [9.17, 15) is 18.0 Å². The predicted molar refractivity (Wildman–Crippen MR) is 147 cm³/mol. The lowest BCUT2D eigenvalue weighted by Gasteiger charge is -2.23. The maximum atomic E-state index is 13.1. The molecule has 7 nitrogen and oxygen atoms in total. The van der Waals surface area contributed by atoms with Crippen LogP contribution in [0.4, 0.5) is 30.5 Å². The molecule has 0 saturated carbocycles. The van der Waals surface area contributed by atoms with Crippen LogP contribution in [0.3, 0.4) is 0 Å². The lowest BCUT2D eigenvalue weighted by Crippen LogP contribution is -2.28. The fourth-order valence-corrected chi connectivity index (χ4v) is 5.32. The minimum atomic E-state index is -4.53. The van der Waals surface area contributed by atoms with Gasteiger partial charge in [0.1, 0.15) is 0 Å². The summed E-state index contributed by atoms with van der Waals surface area (Å²) in [5, 5.41) is 9.51. The topological polar surface area (TPSA) is 91.8 Å². The van der Waals surface area contributed by atoms with E-state index in [4.69, 9.17) is 4.98 Å². The van der Waals surface area contributed by atoms with Gasteiger partial charge in [0.05, 0.1) is 22.2 Å². The van der Waals surface area contributed by atoms with Crippen molar-refractivity contribution in [2.24, 2.45) is 0 Å². The molecule has 0 bridgehead atoms. The largest absolute Gasteiger partial charge is 0.416 e. The van der Waals surface area contributed by atoms with E-state index in [0.717, 1.165) is 53.5 Å². The number of rotatable bonds is 6. The molecule has 200 valence electrons. The molecule has 1 aliphatic heterocycles. The highest BCUT2D eigenvalue weighted by atomic mass is 32.2. The van der Waals surface area contributed by atoms with Crippen LogP contribution in [0.15, 0.2) is 73.1 Å². The fourth-order valence-electron chi connectivity index (χ4n) is 4.20. The molecule has 0 radical (unpaired) electrons. The van der Waals surface area contributed by atoms with Gasteiger partial charge in [0.25, 0.3) is 5.91 Å². The second-order valence-corrected chi connectivity index (χ2v) is 10.3. The van der Waals surface area contributed by atoms with Crippen LogP contribution < -0.4 is 16.0 Å².